The summed E-state index contributed by atoms with van der Waals surface area (Å²) in [5.41, 5.74) is 1.82. The Morgan fingerprint density at radius 3 is 2.93 bits per heavy atom. The highest BCUT2D eigenvalue weighted by molar-refractivity contribution is 5.80. The molecule has 0 bridgehead atoms. The lowest BCUT2D eigenvalue weighted by Gasteiger charge is -2.09. The molecule has 0 N–H and O–H groups in total. The number of ether oxygens (including phenoxy) is 2. The molecule has 0 spiro atoms. The second-order valence-corrected chi connectivity index (χ2v) is 3.41. The van der Waals surface area contributed by atoms with Gasteiger partial charge >= 0.3 is 5.97 Å². The van der Waals surface area contributed by atoms with E-state index in [1.807, 2.05) is 24.3 Å². The number of fused-ring (bicyclic) bond motifs is 1. The van der Waals surface area contributed by atoms with E-state index in [4.69, 9.17) is 4.74 Å². The van der Waals surface area contributed by atoms with Gasteiger partial charge in [0.05, 0.1) is 13.5 Å². The summed E-state index contributed by atoms with van der Waals surface area (Å²) in [4.78, 5) is 11.1. The predicted molar refractivity (Wildman–Crippen MR) is 56.5 cm³/mol. The van der Waals surface area contributed by atoms with Crippen molar-refractivity contribution in [3.8, 4) is 5.75 Å². The number of hydrogen-bond donors (Lipinski definition) is 0. The Hall–Kier alpha value is -1.77. The third kappa shape index (κ3) is 1.73. The van der Waals surface area contributed by atoms with E-state index in [1.54, 1.807) is 0 Å². The molecule has 1 aromatic rings. The van der Waals surface area contributed by atoms with Gasteiger partial charge in [-0.15, -0.1) is 0 Å². The quantitative estimate of drug-likeness (QED) is 0.691. The van der Waals surface area contributed by atoms with Crippen LogP contribution in [0, 0.1) is 0 Å². The van der Waals surface area contributed by atoms with E-state index < -0.39 is 0 Å². The van der Waals surface area contributed by atoms with Crippen LogP contribution in [0.4, 0.5) is 0 Å². The molecule has 0 fully saturated rings. The van der Waals surface area contributed by atoms with Crippen LogP contribution in [0.5, 0.6) is 5.75 Å². The topological polar surface area (TPSA) is 35.5 Å². The van der Waals surface area contributed by atoms with E-state index >= 15 is 0 Å². The summed E-state index contributed by atoms with van der Waals surface area (Å²) >= 11 is 0. The molecule has 1 unspecified atom stereocenters. The molecule has 0 amide bonds. The first-order valence-corrected chi connectivity index (χ1v) is 4.74. The SMILES string of the molecule is C=C1c2ccccc2OC1CC(=O)OC. The maximum absolute atomic E-state index is 11.1. The van der Waals surface area contributed by atoms with Crippen LogP contribution in [-0.4, -0.2) is 19.2 Å². The van der Waals surface area contributed by atoms with Crippen molar-refractivity contribution in [2.75, 3.05) is 7.11 Å². The third-order valence-electron chi connectivity index (χ3n) is 2.47. The van der Waals surface area contributed by atoms with Crippen molar-refractivity contribution in [2.45, 2.75) is 12.5 Å². The minimum Gasteiger partial charge on any atom is -0.484 e. The van der Waals surface area contributed by atoms with Crippen LogP contribution in [0.2, 0.25) is 0 Å². The van der Waals surface area contributed by atoms with Crippen molar-refractivity contribution in [2.24, 2.45) is 0 Å². The Morgan fingerprint density at radius 1 is 1.53 bits per heavy atom. The zero-order valence-electron chi connectivity index (χ0n) is 8.53. The van der Waals surface area contributed by atoms with E-state index in [0.29, 0.717) is 0 Å². The lowest BCUT2D eigenvalue weighted by molar-refractivity contribution is -0.141. The summed E-state index contributed by atoms with van der Waals surface area (Å²) < 4.78 is 10.2. The van der Waals surface area contributed by atoms with E-state index in [2.05, 4.69) is 11.3 Å². The highest BCUT2D eigenvalue weighted by Gasteiger charge is 2.28. The third-order valence-corrected chi connectivity index (χ3v) is 2.47. The van der Waals surface area contributed by atoms with Gasteiger partial charge < -0.3 is 9.47 Å². The van der Waals surface area contributed by atoms with Crippen molar-refractivity contribution in [1.82, 2.24) is 0 Å². The van der Waals surface area contributed by atoms with Gasteiger partial charge in [0.15, 0.2) is 0 Å². The minimum absolute atomic E-state index is 0.212. The molecule has 1 heterocycles. The fourth-order valence-electron chi connectivity index (χ4n) is 1.63. The Balaban J connectivity index is 2.17. The highest BCUT2D eigenvalue weighted by Crippen LogP contribution is 2.37. The molecule has 3 nitrogen and oxygen atoms in total. The number of benzene rings is 1. The molecular formula is C12H12O3. The van der Waals surface area contributed by atoms with Crippen LogP contribution < -0.4 is 4.74 Å². The van der Waals surface area contributed by atoms with Gasteiger partial charge in [-0.05, 0) is 11.6 Å². The van der Waals surface area contributed by atoms with E-state index in [0.717, 1.165) is 16.9 Å². The van der Waals surface area contributed by atoms with Gasteiger partial charge in [-0.2, -0.15) is 0 Å². The maximum Gasteiger partial charge on any atom is 0.309 e. The van der Waals surface area contributed by atoms with Gasteiger partial charge in [-0.3, -0.25) is 4.79 Å². The Bertz CT molecular complexity index is 409. The first kappa shape index (κ1) is 9.77. The van der Waals surface area contributed by atoms with Crippen LogP contribution in [0.25, 0.3) is 5.57 Å². The molecule has 0 saturated heterocycles. The molecule has 1 aliphatic rings. The lowest BCUT2D eigenvalue weighted by atomic mass is 10.0. The number of carbonyl (C=O) groups excluding carboxylic acids is 1. The molecule has 2 rings (SSSR count). The normalized spacial score (nSPS) is 18.2. The largest absolute Gasteiger partial charge is 0.484 e. The number of carbonyl (C=O) groups is 1. The van der Waals surface area contributed by atoms with Gasteiger partial charge in [0.1, 0.15) is 11.9 Å². The fraction of sp³-hybridized carbons (Fsp3) is 0.250. The molecule has 1 atom stereocenters. The minimum atomic E-state index is -0.283. The molecule has 0 aliphatic carbocycles. The van der Waals surface area contributed by atoms with Crippen molar-refractivity contribution < 1.29 is 14.3 Å². The van der Waals surface area contributed by atoms with Gasteiger partial charge in [0, 0.05) is 5.56 Å². The van der Waals surface area contributed by atoms with Gasteiger partial charge in [0.25, 0.3) is 0 Å². The second-order valence-electron chi connectivity index (χ2n) is 3.41. The highest BCUT2D eigenvalue weighted by atomic mass is 16.5. The van der Waals surface area contributed by atoms with Crippen LogP contribution in [0.15, 0.2) is 30.8 Å². The van der Waals surface area contributed by atoms with Crippen LogP contribution in [0.1, 0.15) is 12.0 Å². The van der Waals surface area contributed by atoms with Gasteiger partial charge in [0.2, 0.25) is 0 Å². The number of esters is 1. The number of methoxy groups -OCH3 is 1. The summed E-state index contributed by atoms with van der Waals surface area (Å²) in [6, 6.07) is 7.63. The lowest BCUT2D eigenvalue weighted by Crippen LogP contribution is -2.17. The van der Waals surface area contributed by atoms with Crippen molar-refractivity contribution >= 4 is 11.5 Å². The average molecular weight is 204 g/mol. The zero-order chi connectivity index (χ0) is 10.8. The van der Waals surface area contributed by atoms with Crippen LogP contribution in [0.3, 0.4) is 0 Å². The maximum atomic E-state index is 11.1. The standard InChI is InChI=1S/C12H12O3/c1-8-9-5-3-4-6-10(9)15-11(8)7-12(13)14-2/h3-6,11H,1,7H2,2H3. The molecule has 0 aromatic heterocycles. The molecule has 0 saturated carbocycles. The monoisotopic (exact) mass is 204 g/mol. The Labute approximate surface area is 88.3 Å². The summed E-state index contributed by atoms with van der Waals surface area (Å²) in [7, 11) is 1.37. The summed E-state index contributed by atoms with van der Waals surface area (Å²) in [6.07, 6.45) is -0.0702. The van der Waals surface area contributed by atoms with Crippen LogP contribution >= 0.6 is 0 Å². The summed E-state index contributed by atoms with van der Waals surface area (Å²) in [5.74, 6) is 0.505. The van der Waals surface area contributed by atoms with Gasteiger partial charge in [-0.25, -0.2) is 0 Å². The number of hydrogen-bond acceptors (Lipinski definition) is 3. The predicted octanol–water partition coefficient (Wildman–Crippen LogP) is 2.02. The molecule has 3 heteroatoms. The van der Waals surface area contributed by atoms with E-state index in [9.17, 15) is 4.79 Å². The first-order valence-electron chi connectivity index (χ1n) is 4.74. The summed E-state index contributed by atoms with van der Waals surface area (Å²) in [5, 5.41) is 0. The molecular weight excluding hydrogens is 192 g/mol. The molecule has 15 heavy (non-hydrogen) atoms. The van der Waals surface area contributed by atoms with Crippen molar-refractivity contribution in [3.05, 3.63) is 36.4 Å². The van der Waals surface area contributed by atoms with Gasteiger partial charge in [-0.1, -0.05) is 24.8 Å². The number of rotatable bonds is 2. The fourth-order valence-corrected chi connectivity index (χ4v) is 1.63. The number of para-hydroxylation sites is 1. The van der Waals surface area contributed by atoms with E-state index in [1.165, 1.54) is 7.11 Å². The zero-order valence-corrected chi connectivity index (χ0v) is 8.53. The van der Waals surface area contributed by atoms with Crippen molar-refractivity contribution in [3.63, 3.8) is 0 Å². The smallest absolute Gasteiger partial charge is 0.309 e. The molecule has 1 aromatic carbocycles. The molecule has 1 aliphatic heterocycles. The van der Waals surface area contributed by atoms with E-state index in [-0.39, 0.29) is 18.5 Å². The molecule has 78 valence electrons. The van der Waals surface area contributed by atoms with Crippen LogP contribution in [-0.2, 0) is 9.53 Å². The summed E-state index contributed by atoms with van der Waals surface area (Å²) in [6.45, 7) is 3.93. The van der Waals surface area contributed by atoms with Crippen molar-refractivity contribution in [1.29, 1.82) is 0 Å². The first-order chi connectivity index (χ1) is 7.22. The Kier molecular flexibility index (Phi) is 2.46. The average Bonchev–Trinajstić information content (AvgIpc) is 2.57. The second kappa shape index (κ2) is 3.77. The Morgan fingerprint density at radius 2 is 2.27 bits per heavy atom. The molecule has 0 radical (unpaired) electrons.